The standard InChI is InChI=1S/C21H32N2O3S/c1-20(2)8-16-9-21(3,13-20)14-23(16)11-17-18(24)15(12-26-19(17)25)10-22-4-6-27-7-5-22/h12,16,24H,4-11,13-14H2,1-3H3. The van der Waals surface area contributed by atoms with E-state index in [0.717, 1.165) is 43.1 Å². The van der Waals surface area contributed by atoms with Gasteiger partial charge in [-0.15, -0.1) is 0 Å². The van der Waals surface area contributed by atoms with Gasteiger partial charge in [0.15, 0.2) is 0 Å². The highest BCUT2D eigenvalue weighted by atomic mass is 32.2. The van der Waals surface area contributed by atoms with Gasteiger partial charge >= 0.3 is 5.63 Å². The van der Waals surface area contributed by atoms with Gasteiger partial charge in [-0.05, 0) is 30.1 Å². The van der Waals surface area contributed by atoms with Crippen LogP contribution in [0.15, 0.2) is 15.5 Å². The van der Waals surface area contributed by atoms with E-state index in [-0.39, 0.29) is 5.75 Å². The van der Waals surface area contributed by atoms with Crippen molar-refractivity contribution < 1.29 is 9.52 Å². The monoisotopic (exact) mass is 392 g/mol. The van der Waals surface area contributed by atoms with Crippen molar-refractivity contribution >= 4 is 11.8 Å². The van der Waals surface area contributed by atoms with E-state index in [1.54, 1.807) is 0 Å². The lowest BCUT2D eigenvalue weighted by atomic mass is 9.65. The van der Waals surface area contributed by atoms with Gasteiger partial charge in [-0.2, -0.15) is 11.8 Å². The molecule has 1 saturated carbocycles. The summed E-state index contributed by atoms with van der Waals surface area (Å²) >= 11 is 1.96. The lowest BCUT2D eigenvalue weighted by molar-refractivity contribution is 0.126. The molecule has 6 heteroatoms. The van der Waals surface area contributed by atoms with Crippen molar-refractivity contribution in [1.29, 1.82) is 0 Å². The van der Waals surface area contributed by atoms with Gasteiger partial charge in [0.1, 0.15) is 12.0 Å². The predicted molar refractivity (Wildman–Crippen MR) is 109 cm³/mol. The summed E-state index contributed by atoms with van der Waals surface area (Å²) in [5, 5.41) is 10.8. The van der Waals surface area contributed by atoms with E-state index >= 15 is 0 Å². The van der Waals surface area contributed by atoms with E-state index in [1.165, 1.54) is 19.1 Å². The van der Waals surface area contributed by atoms with Crippen LogP contribution >= 0.6 is 11.8 Å². The maximum Gasteiger partial charge on any atom is 0.343 e. The lowest BCUT2D eigenvalue weighted by Gasteiger charge is -2.39. The Hall–Kier alpha value is -0.980. The van der Waals surface area contributed by atoms with E-state index < -0.39 is 5.63 Å². The zero-order valence-corrected chi connectivity index (χ0v) is 17.6. The quantitative estimate of drug-likeness (QED) is 0.849. The minimum atomic E-state index is -0.392. The van der Waals surface area contributed by atoms with Gasteiger partial charge in [0.25, 0.3) is 0 Å². The predicted octanol–water partition coefficient (Wildman–Crippen LogP) is 3.29. The van der Waals surface area contributed by atoms with Crippen molar-refractivity contribution in [3.8, 4) is 5.75 Å². The summed E-state index contributed by atoms with van der Waals surface area (Å²) in [6.45, 7) is 11.2. The molecule has 3 heterocycles. The van der Waals surface area contributed by atoms with Gasteiger partial charge in [0.05, 0.1) is 5.56 Å². The van der Waals surface area contributed by atoms with Gasteiger partial charge in [-0.25, -0.2) is 4.79 Å². The molecule has 2 saturated heterocycles. The number of aromatic hydroxyl groups is 1. The molecular formula is C21H32N2O3S. The summed E-state index contributed by atoms with van der Waals surface area (Å²) in [6, 6.07) is 0.486. The van der Waals surface area contributed by atoms with Crippen LogP contribution in [-0.2, 0) is 13.1 Å². The van der Waals surface area contributed by atoms with Crippen LogP contribution in [0.1, 0.15) is 51.2 Å². The molecule has 1 aromatic heterocycles. The highest BCUT2D eigenvalue weighted by Crippen LogP contribution is 2.52. The van der Waals surface area contributed by atoms with Crippen molar-refractivity contribution in [1.82, 2.24) is 9.80 Å². The van der Waals surface area contributed by atoms with Gasteiger partial charge in [0.2, 0.25) is 0 Å². The molecule has 2 aliphatic heterocycles. The molecule has 2 bridgehead atoms. The average molecular weight is 393 g/mol. The van der Waals surface area contributed by atoms with Crippen LogP contribution in [0, 0.1) is 10.8 Å². The van der Waals surface area contributed by atoms with E-state index in [4.69, 9.17) is 4.42 Å². The first-order chi connectivity index (χ1) is 12.7. The average Bonchev–Trinajstić information content (AvgIpc) is 2.83. The third kappa shape index (κ3) is 4.08. The molecule has 4 rings (SSSR count). The van der Waals surface area contributed by atoms with E-state index in [1.807, 2.05) is 11.8 Å². The third-order valence-electron chi connectivity index (χ3n) is 6.53. The van der Waals surface area contributed by atoms with Gasteiger partial charge < -0.3 is 9.52 Å². The number of thioether (sulfide) groups is 1. The van der Waals surface area contributed by atoms with Gasteiger partial charge in [-0.3, -0.25) is 9.80 Å². The second-order valence-corrected chi connectivity index (χ2v) is 11.1. The van der Waals surface area contributed by atoms with Gasteiger partial charge in [-0.1, -0.05) is 20.8 Å². The molecule has 0 aromatic carbocycles. The van der Waals surface area contributed by atoms with Crippen LogP contribution in [0.3, 0.4) is 0 Å². The Kier molecular flexibility index (Phi) is 5.10. The topological polar surface area (TPSA) is 56.9 Å². The number of fused-ring (bicyclic) bond motifs is 2. The first-order valence-corrected chi connectivity index (χ1v) is 11.3. The molecule has 3 fully saturated rings. The van der Waals surface area contributed by atoms with Crippen molar-refractivity contribution in [3.63, 3.8) is 0 Å². The van der Waals surface area contributed by atoms with E-state index in [0.29, 0.717) is 35.5 Å². The lowest BCUT2D eigenvalue weighted by Crippen LogP contribution is -2.35. The number of hydrogen-bond donors (Lipinski definition) is 1. The smallest absolute Gasteiger partial charge is 0.343 e. The highest BCUT2D eigenvalue weighted by molar-refractivity contribution is 7.99. The molecule has 1 aliphatic carbocycles. The van der Waals surface area contributed by atoms with Crippen LogP contribution in [0.5, 0.6) is 5.75 Å². The van der Waals surface area contributed by atoms with E-state index in [9.17, 15) is 9.90 Å². The largest absolute Gasteiger partial charge is 0.507 e. The van der Waals surface area contributed by atoms with Crippen molar-refractivity contribution in [3.05, 3.63) is 27.8 Å². The minimum absolute atomic E-state index is 0.148. The summed E-state index contributed by atoms with van der Waals surface area (Å²) in [7, 11) is 0. The van der Waals surface area contributed by atoms with Crippen LogP contribution in [0.25, 0.3) is 0 Å². The Balaban J connectivity index is 1.54. The second-order valence-electron chi connectivity index (χ2n) is 9.88. The molecule has 27 heavy (non-hydrogen) atoms. The number of nitrogens with zero attached hydrogens (tertiary/aromatic N) is 2. The molecule has 1 aromatic rings. The molecule has 0 radical (unpaired) electrons. The molecular weight excluding hydrogens is 360 g/mol. The Morgan fingerprint density at radius 3 is 2.70 bits per heavy atom. The summed E-state index contributed by atoms with van der Waals surface area (Å²) < 4.78 is 5.33. The van der Waals surface area contributed by atoms with Crippen molar-refractivity contribution in [2.45, 2.75) is 59.2 Å². The summed E-state index contributed by atoms with van der Waals surface area (Å²) in [6.07, 6.45) is 5.02. The fraction of sp³-hybridized carbons (Fsp3) is 0.762. The van der Waals surface area contributed by atoms with Crippen molar-refractivity contribution in [2.75, 3.05) is 31.1 Å². The van der Waals surface area contributed by atoms with Gasteiger partial charge in [0, 0.05) is 55.8 Å². The Morgan fingerprint density at radius 2 is 1.96 bits per heavy atom. The Bertz CT molecular complexity index is 756. The molecule has 5 nitrogen and oxygen atoms in total. The molecule has 2 atom stereocenters. The maximum absolute atomic E-state index is 12.4. The molecule has 0 amide bonds. The molecule has 150 valence electrons. The zero-order valence-electron chi connectivity index (χ0n) is 16.8. The first-order valence-electron chi connectivity index (χ1n) is 10.1. The van der Waals surface area contributed by atoms with E-state index in [2.05, 4.69) is 30.6 Å². The SMILES string of the molecule is CC1(C)CC2CC(C)(CN2Cc2c(O)c(CN3CCSCC3)coc2=O)C1. The highest BCUT2D eigenvalue weighted by Gasteiger charge is 2.49. The first kappa shape index (κ1) is 19.3. The van der Waals surface area contributed by atoms with Crippen LogP contribution < -0.4 is 5.63 Å². The minimum Gasteiger partial charge on any atom is -0.507 e. The van der Waals surface area contributed by atoms with Crippen molar-refractivity contribution in [2.24, 2.45) is 10.8 Å². The van der Waals surface area contributed by atoms with Crippen LogP contribution in [0.2, 0.25) is 0 Å². The summed E-state index contributed by atoms with van der Waals surface area (Å²) in [4.78, 5) is 17.1. The third-order valence-corrected chi connectivity index (χ3v) is 7.47. The van der Waals surface area contributed by atoms with Crippen LogP contribution in [-0.4, -0.2) is 52.1 Å². The number of hydrogen-bond acceptors (Lipinski definition) is 6. The van der Waals surface area contributed by atoms with Crippen LogP contribution in [0.4, 0.5) is 0 Å². The maximum atomic E-state index is 12.4. The molecule has 3 aliphatic rings. The number of rotatable bonds is 4. The Morgan fingerprint density at radius 1 is 1.22 bits per heavy atom. The fourth-order valence-corrected chi connectivity index (χ4v) is 6.74. The Labute approximate surface area is 166 Å². The molecule has 0 spiro atoms. The molecule has 1 N–H and O–H groups in total. The second kappa shape index (κ2) is 7.12. The molecule has 2 unspecified atom stereocenters. The fourth-order valence-electron chi connectivity index (χ4n) is 5.76. The summed E-state index contributed by atoms with van der Waals surface area (Å²) in [5.74, 6) is 2.39. The summed E-state index contributed by atoms with van der Waals surface area (Å²) in [5.41, 5.74) is 1.44. The normalized spacial score (nSPS) is 31.3. The zero-order chi connectivity index (χ0) is 19.2. The number of likely N-dealkylation sites (tertiary alicyclic amines) is 1.